The van der Waals surface area contributed by atoms with Gasteiger partial charge in [-0.05, 0) is 43.3 Å². The van der Waals surface area contributed by atoms with E-state index in [1.54, 1.807) is 0 Å². The lowest BCUT2D eigenvalue weighted by Gasteiger charge is -2.14. The second-order valence-corrected chi connectivity index (χ2v) is 6.54. The molecule has 1 unspecified atom stereocenters. The summed E-state index contributed by atoms with van der Waals surface area (Å²) in [5.41, 5.74) is 3.38. The van der Waals surface area contributed by atoms with Crippen LogP contribution in [0.25, 0.3) is 11.1 Å². The van der Waals surface area contributed by atoms with Gasteiger partial charge in [0.1, 0.15) is 0 Å². The van der Waals surface area contributed by atoms with Gasteiger partial charge in [-0.15, -0.1) is 0 Å². The van der Waals surface area contributed by atoms with E-state index in [9.17, 15) is 9.90 Å². The van der Waals surface area contributed by atoms with Crippen molar-refractivity contribution in [2.75, 3.05) is 32.1 Å². The summed E-state index contributed by atoms with van der Waals surface area (Å²) < 4.78 is 5.40. The van der Waals surface area contributed by atoms with Crippen molar-refractivity contribution in [1.29, 1.82) is 0 Å². The number of ether oxygens (including phenoxy) is 1. The maximum absolute atomic E-state index is 12.2. The Morgan fingerprint density at radius 3 is 2.88 bits per heavy atom. The van der Waals surface area contributed by atoms with E-state index in [-0.39, 0.29) is 6.61 Å². The van der Waals surface area contributed by atoms with E-state index in [2.05, 4.69) is 17.3 Å². The van der Waals surface area contributed by atoms with Gasteiger partial charge in [0.25, 0.3) is 0 Å². The second kappa shape index (κ2) is 8.14. The third kappa shape index (κ3) is 4.59. The van der Waals surface area contributed by atoms with Crippen LogP contribution in [0.3, 0.4) is 0 Å². The highest BCUT2D eigenvalue weighted by Crippen LogP contribution is 2.28. The molecule has 1 fully saturated rings. The SMILES string of the molecule is CN1CCC(COC(=O)Nc2ccccc2-c2cccc(CO)c2)C1. The van der Waals surface area contributed by atoms with Crippen LogP contribution in [0, 0.1) is 5.92 Å². The molecule has 1 saturated heterocycles. The van der Waals surface area contributed by atoms with E-state index in [0.29, 0.717) is 18.2 Å². The van der Waals surface area contributed by atoms with Crippen molar-refractivity contribution in [2.24, 2.45) is 5.92 Å². The molecule has 1 aliphatic rings. The van der Waals surface area contributed by atoms with Crippen LogP contribution in [-0.2, 0) is 11.3 Å². The van der Waals surface area contributed by atoms with Gasteiger partial charge in [-0.1, -0.05) is 36.4 Å². The standard InChI is InChI=1S/C20H24N2O3/c1-22-10-9-16(12-22)14-25-20(24)21-19-8-3-2-7-18(19)17-6-4-5-15(11-17)13-23/h2-8,11,16,23H,9-10,12-14H2,1H3,(H,21,24). The molecule has 1 amide bonds. The lowest BCUT2D eigenvalue weighted by atomic mass is 10.0. The predicted molar refractivity (Wildman–Crippen MR) is 98.4 cm³/mol. The fourth-order valence-electron chi connectivity index (χ4n) is 3.18. The topological polar surface area (TPSA) is 61.8 Å². The van der Waals surface area contributed by atoms with Crippen LogP contribution in [0.15, 0.2) is 48.5 Å². The van der Waals surface area contributed by atoms with Gasteiger partial charge >= 0.3 is 6.09 Å². The largest absolute Gasteiger partial charge is 0.449 e. The summed E-state index contributed by atoms with van der Waals surface area (Å²) in [5.74, 6) is 0.409. The average Bonchev–Trinajstić information content (AvgIpc) is 3.06. The number of likely N-dealkylation sites (tertiary alicyclic amines) is 1. The number of aliphatic hydroxyl groups excluding tert-OH is 1. The summed E-state index contributed by atoms with van der Waals surface area (Å²) in [6.07, 6.45) is 0.634. The van der Waals surface area contributed by atoms with E-state index in [4.69, 9.17) is 4.74 Å². The Morgan fingerprint density at radius 1 is 1.28 bits per heavy atom. The molecule has 0 aromatic heterocycles. The molecular weight excluding hydrogens is 316 g/mol. The molecule has 5 heteroatoms. The maximum Gasteiger partial charge on any atom is 0.411 e. The summed E-state index contributed by atoms with van der Waals surface area (Å²) in [6.45, 7) is 2.46. The van der Waals surface area contributed by atoms with Gasteiger partial charge in [0.05, 0.1) is 18.9 Å². The summed E-state index contributed by atoms with van der Waals surface area (Å²) in [5, 5.41) is 12.2. The molecule has 2 aromatic carbocycles. The van der Waals surface area contributed by atoms with Gasteiger partial charge in [0, 0.05) is 18.0 Å². The van der Waals surface area contributed by atoms with E-state index in [1.165, 1.54) is 0 Å². The number of carbonyl (C=O) groups is 1. The van der Waals surface area contributed by atoms with Crippen molar-refractivity contribution in [2.45, 2.75) is 13.0 Å². The van der Waals surface area contributed by atoms with Crippen LogP contribution in [0.1, 0.15) is 12.0 Å². The number of aliphatic hydroxyl groups is 1. The molecule has 1 heterocycles. The normalized spacial score (nSPS) is 17.4. The molecule has 0 radical (unpaired) electrons. The number of hydrogen-bond acceptors (Lipinski definition) is 4. The molecule has 2 aromatic rings. The molecule has 3 rings (SSSR count). The van der Waals surface area contributed by atoms with Crippen LogP contribution >= 0.6 is 0 Å². The van der Waals surface area contributed by atoms with Gasteiger partial charge in [-0.25, -0.2) is 4.79 Å². The molecule has 5 nitrogen and oxygen atoms in total. The highest BCUT2D eigenvalue weighted by Gasteiger charge is 2.21. The van der Waals surface area contributed by atoms with Crippen LogP contribution in [0.5, 0.6) is 0 Å². The maximum atomic E-state index is 12.2. The number of hydrogen-bond donors (Lipinski definition) is 2. The minimum absolute atomic E-state index is 0.0126. The number of para-hydroxylation sites is 1. The molecule has 0 spiro atoms. The van der Waals surface area contributed by atoms with Crippen LogP contribution in [0.4, 0.5) is 10.5 Å². The number of nitrogens with one attached hydrogen (secondary N) is 1. The van der Waals surface area contributed by atoms with Gasteiger partial charge < -0.3 is 14.7 Å². The van der Waals surface area contributed by atoms with Crippen molar-refractivity contribution < 1.29 is 14.6 Å². The van der Waals surface area contributed by atoms with Crippen molar-refractivity contribution in [3.63, 3.8) is 0 Å². The highest BCUT2D eigenvalue weighted by atomic mass is 16.5. The van der Waals surface area contributed by atoms with Gasteiger partial charge in [-0.2, -0.15) is 0 Å². The highest BCUT2D eigenvalue weighted by molar-refractivity contribution is 5.91. The molecule has 132 valence electrons. The fraction of sp³-hybridized carbons (Fsp3) is 0.350. The number of amides is 1. The zero-order chi connectivity index (χ0) is 17.6. The van der Waals surface area contributed by atoms with Crippen molar-refractivity contribution in [1.82, 2.24) is 4.90 Å². The molecule has 1 atom stereocenters. The molecule has 0 bridgehead atoms. The number of benzene rings is 2. The Kier molecular flexibility index (Phi) is 5.68. The third-order valence-corrected chi connectivity index (χ3v) is 4.52. The number of carbonyl (C=O) groups excluding carboxylic acids is 1. The average molecular weight is 340 g/mol. The Morgan fingerprint density at radius 2 is 2.12 bits per heavy atom. The van der Waals surface area contributed by atoms with E-state index in [0.717, 1.165) is 36.2 Å². The first kappa shape index (κ1) is 17.5. The number of rotatable bonds is 5. The monoisotopic (exact) mass is 340 g/mol. The minimum Gasteiger partial charge on any atom is -0.449 e. The molecular formula is C20H24N2O3. The van der Waals surface area contributed by atoms with Gasteiger partial charge in [0.15, 0.2) is 0 Å². The fourth-order valence-corrected chi connectivity index (χ4v) is 3.18. The Labute approximate surface area is 148 Å². The Balaban J connectivity index is 1.67. The van der Waals surface area contributed by atoms with E-state index >= 15 is 0 Å². The summed E-state index contributed by atoms with van der Waals surface area (Å²) in [6, 6.07) is 15.2. The van der Waals surface area contributed by atoms with Crippen molar-refractivity contribution in [3.8, 4) is 11.1 Å². The second-order valence-electron chi connectivity index (χ2n) is 6.54. The minimum atomic E-state index is -0.430. The van der Waals surface area contributed by atoms with Gasteiger partial charge in [0.2, 0.25) is 0 Å². The predicted octanol–water partition coefficient (Wildman–Crippen LogP) is 3.35. The number of anilines is 1. The Bertz CT molecular complexity index is 732. The lowest BCUT2D eigenvalue weighted by molar-refractivity contribution is 0.142. The van der Waals surface area contributed by atoms with Gasteiger partial charge in [-0.3, -0.25) is 5.32 Å². The Hall–Kier alpha value is -2.37. The van der Waals surface area contributed by atoms with Crippen LogP contribution in [-0.4, -0.2) is 42.8 Å². The first-order chi connectivity index (χ1) is 12.2. The number of nitrogens with zero attached hydrogens (tertiary/aromatic N) is 1. The van der Waals surface area contributed by atoms with Crippen molar-refractivity contribution in [3.05, 3.63) is 54.1 Å². The summed E-state index contributed by atoms with van der Waals surface area (Å²) in [7, 11) is 2.08. The molecule has 0 aliphatic carbocycles. The van der Waals surface area contributed by atoms with E-state index < -0.39 is 6.09 Å². The van der Waals surface area contributed by atoms with Crippen LogP contribution in [0.2, 0.25) is 0 Å². The van der Waals surface area contributed by atoms with Crippen LogP contribution < -0.4 is 5.32 Å². The first-order valence-corrected chi connectivity index (χ1v) is 8.57. The van der Waals surface area contributed by atoms with Crippen molar-refractivity contribution >= 4 is 11.8 Å². The quantitative estimate of drug-likeness (QED) is 0.876. The molecule has 1 aliphatic heterocycles. The molecule has 2 N–H and O–H groups in total. The van der Waals surface area contributed by atoms with E-state index in [1.807, 2.05) is 48.5 Å². The molecule has 25 heavy (non-hydrogen) atoms. The zero-order valence-electron chi connectivity index (χ0n) is 14.4. The zero-order valence-corrected chi connectivity index (χ0v) is 14.4. The first-order valence-electron chi connectivity index (χ1n) is 8.57. The lowest BCUT2D eigenvalue weighted by Crippen LogP contribution is -2.21. The summed E-state index contributed by atoms with van der Waals surface area (Å²) in [4.78, 5) is 14.4. The summed E-state index contributed by atoms with van der Waals surface area (Å²) >= 11 is 0. The molecule has 0 saturated carbocycles. The smallest absolute Gasteiger partial charge is 0.411 e. The third-order valence-electron chi connectivity index (χ3n) is 4.52.